The monoisotopic (exact) mass is 588 g/mol. The number of rotatable bonds is 6. The van der Waals surface area contributed by atoms with Crippen LogP contribution in [-0.4, -0.2) is 46.9 Å². The lowest BCUT2D eigenvalue weighted by Crippen LogP contribution is -2.54. The number of halogens is 3. The van der Waals surface area contributed by atoms with Crippen molar-refractivity contribution in [1.82, 2.24) is 10.1 Å². The lowest BCUT2D eigenvalue weighted by Gasteiger charge is -2.43. The SMILES string of the molecule is COC(=O)C1C(c2ccc(OCc3cc(-c4c(F)ccc(F)c4Cl)no3)cc2)CC2CCC1N2C(=O)OC(C)(C)C. The highest BCUT2D eigenvalue weighted by Crippen LogP contribution is 2.48. The zero-order valence-corrected chi connectivity index (χ0v) is 23.9. The van der Waals surface area contributed by atoms with Crippen LogP contribution in [0.25, 0.3) is 11.3 Å². The molecule has 0 N–H and O–H groups in total. The second-order valence-corrected chi connectivity index (χ2v) is 11.7. The first-order valence-electron chi connectivity index (χ1n) is 13.4. The number of hydrogen-bond acceptors (Lipinski definition) is 7. The Kier molecular flexibility index (Phi) is 7.96. The van der Waals surface area contributed by atoms with Crippen molar-refractivity contribution in [2.24, 2.45) is 5.92 Å². The van der Waals surface area contributed by atoms with Crippen molar-refractivity contribution in [2.75, 3.05) is 7.11 Å². The smallest absolute Gasteiger partial charge is 0.410 e. The molecule has 2 saturated heterocycles. The van der Waals surface area contributed by atoms with E-state index in [2.05, 4.69) is 5.16 Å². The van der Waals surface area contributed by atoms with Gasteiger partial charge in [-0.2, -0.15) is 0 Å². The van der Waals surface area contributed by atoms with E-state index in [4.69, 9.17) is 30.3 Å². The van der Waals surface area contributed by atoms with E-state index < -0.39 is 29.2 Å². The summed E-state index contributed by atoms with van der Waals surface area (Å²) in [6, 6.07) is 10.4. The lowest BCUT2D eigenvalue weighted by atomic mass is 9.76. The average molecular weight is 589 g/mol. The molecule has 1 amide bonds. The van der Waals surface area contributed by atoms with Gasteiger partial charge in [0.15, 0.2) is 5.76 Å². The molecule has 218 valence electrons. The van der Waals surface area contributed by atoms with Gasteiger partial charge in [-0.3, -0.25) is 4.79 Å². The second-order valence-electron chi connectivity index (χ2n) is 11.3. The summed E-state index contributed by atoms with van der Waals surface area (Å²) in [5.41, 5.74) is 0.173. The lowest BCUT2D eigenvalue weighted by molar-refractivity contribution is -0.150. The third-order valence-corrected chi connectivity index (χ3v) is 7.92. The van der Waals surface area contributed by atoms with Crippen LogP contribution >= 0.6 is 11.6 Å². The molecule has 4 unspecified atom stereocenters. The maximum atomic E-state index is 14.2. The van der Waals surface area contributed by atoms with Crippen molar-refractivity contribution in [2.45, 2.75) is 70.2 Å². The number of nitrogens with zero attached hydrogens (tertiary/aromatic N) is 2. The number of hydrogen-bond donors (Lipinski definition) is 0. The third kappa shape index (κ3) is 5.88. The first-order valence-corrected chi connectivity index (χ1v) is 13.8. The largest absolute Gasteiger partial charge is 0.486 e. The molecule has 0 saturated carbocycles. The zero-order chi connectivity index (χ0) is 29.5. The van der Waals surface area contributed by atoms with Crippen molar-refractivity contribution in [3.05, 3.63) is 70.4 Å². The first-order chi connectivity index (χ1) is 19.5. The van der Waals surface area contributed by atoms with Gasteiger partial charge in [0.1, 0.15) is 35.3 Å². The fraction of sp³-hybridized carbons (Fsp3) is 0.433. The molecule has 2 fully saturated rings. The quantitative estimate of drug-likeness (QED) is 0.228. The van der Waals surface area contributed by atoms with Crippen LogP contribution < -0.4 is 4.74 Å². The Hall–Kier alpha value is -3.66. The Morgan fingerprint density at radius 3 is 2.49 bits per heavy atom. The number of fused-ring (bicyclic) bond motifs is 2. The normalized spacial score (nSPS) is 22.0. The first kappa shape index (κ1) is 28.9. The fourth-order valence-electron chi connectivity index (χ4n) is 5.83. The van der Waals surface area contributed by atoms with E-state index in [-0.39, 0.29) is 46.9 Å². The Balaban J connectivity index is 1.28. The summed E-state index contributed by atoms with van der Waals surface area (Å²) in [6.45, 7) is 5.45. The van der Waals surface area contributed by atoms with Crippen molar-refractivity contribution >= 4 is 23.7 Å². The second kappa shape index (κ2) is 11.3. The number of carbonyl (C=O) groups is 2. The number of carbonyl (C=O) groups excluding carboxylic acids is 2. The molecule has 0 radical (unpaired) electrons. The number of methoxy groups -OCH3 is 1. The summed E-state index contributed by atoms with van der Waals surface area (Å²) in [7, 11) is 1.36. The van der Waals surface area contributed by atoms with Crippen molar-refractivity contribution in [3.63, 3.8) is 0 Å². The van der Waals surface area contributed by atoms with Crippen molar-refractivity contribution in [3.8, 4) is 17.0 Å². The molecule has 4 atom stereocenters. The van der Waals surface area contributed by atoms with E-state index in [1.54, 1.807) is 17.0 Å². The number of piperidine rings is 1. The highest BCUT2D eigenvalue weighted by atomic mass is 35.5. The molecule has 5 rings (SSSR count). The summed E-state index contributed by atoms with van der Waals surface area (Å²) >= 11 is 5.92. The molecule has 8 nitrogen and oxygen atoms in total. The molecule has 41 heavy (non-hydrogen) atoms. The van der Waals surface area contributed by atoms with E-state index in [0.29, 0.717) is 24.4 Å². The third-order valence-electron chi connectivity index (χ3n) is 7.55. The summed E-state index contributed by atoms with van der Waals surface area (Å²) < 4.78 is 49.9. The predicted molar refractivity (Wildman–Crippen MR) is 145 cm³/mol. The minimum absolute atomic E-state index is 0.00981. The van der Waals surface area contributed by atoms with Gasteiger partial charge in [-0.25, -0.2) is 13.6 Å². The Bertz CT molecular complexity index is 1440. The predicted octanol–water partition coefficient (Wildman–Crippen LogP) is 6.90. The Morgan fingerprint density at radius 1 is 1.10 bits per heavy atom. The molecule has 2 aliphatic rings. The van der Waals surface area contributed by atoms with Gasteiger partial charge in [0, 0.05) is 24.1 Å². The van der Waals surface area contributed by atoms with Gasteiger partial charge in [-0.15, -0.1) is 0 Å². The summed E-state index contributed by atoms with van der Waals surface area (Å²) in [6.07, 6.45) is 1.69. The van der Waals surface area contributed by atoms with Crippen LogP contribution in [-0.2, 0) is 20.9 Å². The van der Waals surface area contributed by atoms with E-state index >= 15 is 0 Å². The van der Waals surface area contributed by atoms with Crippen LogP contribution in [0.15, 0.2) is 47.0 Å². The number of ether oxygens (including phenoxy) is 3. The Morgan fingerprint density at radius 2 is 1.80 bits per heavy atom. The molecule has 0 spiro atoms. The molecule has 11 heteroatoms. The van der Waals surface area contributed by atoms with Gasteiger partial charge in [0.05, 0.1) is 23.6 Å². The van der Waals surface area contributed by atoms with Crippen LogP contribution in [0.5, 0.6) is 5.75 Å². The van der Waals surface area contributed by atoms with E-state index in [1.807, 2.05) is 32.9 Å². The highest BCUT2D eigenvalue weighted by Gasteiger charge is 2.53. The van der Waals surface area contributed by atoms with Crippen LogP contribution in [0.4, 0.5) is 13.6 Å². The number of esters is 1. The molecule has 2 bridgehead atoms. The molecular weight excluding hydrogens is 558 g/mol. The van der Waals surface area contributed by atoms with Gasteiger partial charge in [0.25, 0.3) is 0 Å². The molecule has 2 aromatic carbocycles. The van der Waals surface area contributed by atoms with Crippen LogP contribution in [0.1, 0.15) is 57.3 Å². The number of benzene rings is 2. The maximum absolute atomic E-state index is 14.2. The van der Waals surface area contributed by atoms with E-state index in [0.717, 1.165) is 24.1 Å². The van der Waals surface area contributed by atoms with E-state index in [9.17, 15) is 18.4 Å². The average Bonchev–Trinajstić information content (AvgIpc) is 3.52. The highest BCUT2D eigenvalue weighted by molar-refractivity contribution is 6.33. The Labute approximate surface area is 241 Å². The molecular formula is C30H31ClF2N2O6. The zero-order valence-electron chi connectivity index (χ0n) is 23.2. The minimum atomic E-state index is -0.762. The van der Waals surface area contributed by atoms with Gasteiger partial charge in [-0.1, -0.05) is 28.9 Å². The fourth-order valence-corrected chi connectivity index (χ4v) is 6.08. The number of amides is 1. The van der Waals surface area contributed by atoms with Crippen LogP contribution in [0.2, 0.25) is 5.02 Å². The van der Waals surface area contributed by atoms with Gasteiger partial charge >= 0.3 is 12.1 Å². The molecule has 0 aliphatic carbocycles. The molecule has 3 aromatic rings. The molecule has 3 heterocycles. The topological polar surface area (TPSA) is 91.1 Å². The van der Waals surface area contributed by atoms with Gasteiger partial charge < -0.3 is 23.6 Å². The van der Waals surface area contributed by atoms with E-state index in [1.165, 1.54) is 13.2 Å². The van der Waals surface area contributed by atoms with Gasteiger partial charge in [0.2, 0.25) is 0 Å². The summed E-state index contributed by atoms with van der Waals surface area (Å²) in [5, 5.41) is 3.42. The van der Waals surface area contributed by atoms with Crippen LogP contribution in [0, 0.1) is 17.6 Å². The van der Waals surface area contributed by atoms with Crippen molar-refractivity contribution in [1.29, 1.82) is 0 Å². The summed E-state index contributed by atoms with van der Waals surface area (Å²) in [4.78, 5) is 27.7. The number of aromatic nitrogens is 1. The molecule has 2 aliphatic heterocycles. The molecule has 1 aromatic heterocycles. The van der Waals surface area contributed by atoms with Crippen LogP contribution in [0.3, 0.4) is 0 Å². The standard InChI is InChI=1S/C30H31ClF2N2O6/c1-30(2,3)40-29(37)35-17-7-12-24(35)25(28(36)38-4)20(13-17)16-5-8-18(9-6-16)39-15-19-14-23(34-41-19)26-21(32)10-11-22(33)27(26)31/h5-6,8-11,14,17,20,24-25H,7,12-13,15H2,1-4H3. The maximum Gasteiger partial charge on any atom is 0.410 e. The minimum Gasteiger partial charge on any atom is -0.486 e. The van der Waals surface area contributed by atoms with Crippen molar-refractivity contribution < 1.29 is 37.1 Å². The summed E-state index contributed by atoms with van der Waals surface area (Å²) in [5.74, 6) is -1.68. The van der Waals surface area contributed by atoms with Gasteiger partial charge in [-0.05, 0) is 69.9 Å².